The predicted molar refractivity (Wildman–Crippen MR) is 125 cm³/mol. The molecule has 0 bridgehead atoms. The Morgan fingerprint density at radius 3 is 2.45 bits per heavy atom. The van der Waals surface area contributed by atoms with Gasteiger partial charge in [-0.2, -0.15) is 0 Å². The van der Waals surface area contributed by atoms with Crippen LogP contribution in [0.2, 0.25) is 5.02 Å². The lowest BCUT2D eigenvalue weighted by molar-refractivity contribution is 0.103. The minimum atomic E-state index is -0.158. The fourth-order valence-corrected chi connectivity index (χ4v) is 3.37. The summed E-state index contributed by atoms with van der Waals surface area (Å²) in [6.45, 7) is 1.97. The molecule has 4 nitrogen and oxygen atoms in total. The number of benzene rings is 3. The van der Waals surface area contributed by atoms with Gasteiger partial charge in [-0.1, -0.05) is 53.6 Å². The summed E-state index contributed by atoms with van der Waals surface area (Å²) >= 11 is 5.95. The number of ketones is 1. The Bertz CT molecular complexity index is 1320. The summed E-state index contributed by atoms with van der Waals surface area (Å²) < 4.78 is 5.63. The first-order valence-electron chi connectivity index (χ1n) is 9.83. The smallest absolute Gasteiger partial charge is 0.196 e. The molecule has 1 heterocycles. The second-order valence-electron chi connectivity index (χ2n) is 7.28. The predicted octanol–water partition coefficient (Wildman–Crippen LogP) is 6.18. The van der Waals surface area contributed by atoms with Gasteiger partial charge < -0.3 is 9.73 Å². The maximum Gasteiger partial charge on any atom is 0.196 e. The van der Waals surface area contributed by atoms with Crippen molar-refractivity contribution in [2.75, 3.05) is 5.32 Å². The molecule has 0 aliphatic heterocycles. The first-order valence-corrected chi connectivity index (χ1v) is 10.2. The van der Waals surface area contributed by atoms with Crippen LogP contribution >= 0.6 is 11.6 Å². The van der Waals surface area contributed by atoms with Gasteiger partial charge in [-0.15, -0.1) is 0 Å². The SMILES string of the molecule is Cc1ccc(C(=O)/C(=C/Nc2ccc(Cl)cc2)Cc2coc3ccccc3c2=O)cc1. The second kappa shape index (κ2) is 9.02. The van der Waals surface area contributed by atoms with Crippen LogP contribution in [0.4, 0.5) is 5.69 Å². The van der Waals surface area contributed by atoms with Crippen molar-refractivity contribution in [3.63, 3.8) is 0 Å². The lowest BCUT2D eigenvalue weighted by Crippen LogP contribution is -2.14. The van der Waals surface area contributed by atoms with Gasteiger partial charge in [0.1, 0.15) is 5.58 Å². The van der Waals surface area contributed by atoms with Crippen LogP contribution in [-0.2, 0) is 6.42 Å². The number of para-hydroxylation sites is 1. The van der Waals surface area contributed by atoms with Crippen LogP contribution in [0.25, 0.3) is 11.0 Å². The average molecular weight is 430 g/mol. The number of halogens is 1. The Kier molecular flexibility index (Phi) is 6.01. The molecule has 0 aliphatic rings. The molecule has 31 heavy (non-hydrogen) atoms. The number of aryl methyl sites for hydroxylation is 1. The summed E-state index contributed by atoms with van der Waals surface area (Å²) in [6, 6.07) is 21.6. The van der Waals surface area contributed by atoms with Gasteiger partial charge in [-0.25, -0.2) is 0 Å². The Morgan fingerprint density at radius 2 is 1.71 bits per heavy atom. The highest BCUT2D eigenvalue weighted by atomic mass is 35.5. The van der Waals surface area contributed by atoms with Crippen LogP contribution in [0.1, 0.15) is 21.5 Å². The normalized spacial score (nSPS) is 11.5. The summed E-state index contributed by atoms with van der Waals surface area (Å²) in [5.41, 5.74) is 3.65. The molecule has 0 saturated heterocycles. The lowest BCUT2D eigenvalue weighted by atomic mass is 9.97. The van der Waals surface area contributed by atoms with E-state index in [1.165, 1.54) is 6.26 Å². The van der Waals surface area contributed by atoms with Crippen LogP contribution in [0.15, 0.2) is 100 Å². The van der Waals surface area contributed by atoms with E-state index in [4.69, 9.17) is 16.0 Å². The minimum absolute atomic E-state index is 0.139. The molecule has 0 spiro atoms. The zero-order valence-electron chi connectivity index (χ0n) is 16.9. The van der Waals surface area contributed by atoms with Gasteiger partial charge in [0.2, 0.25) is 0 Å². The van der Waals surface area contributed by atoms with Crippen LogP contribution in [0.5, 0.6) is 0 Å². The lowest BCUT2D eigenvalue weighted by Gasteiger charge is -2.10. The van der Waals surface area contributed by atoms with Crippen molar-refractivity contribution in [1.29, 1.82) is 0 Å². The average Bonchev–Trinajstić information content (AvgIpc) is 2.79. The van der Waals surface area contributed by atoms with Crippen molar-refractivity contribution in [2.45, 2.75) is 13.3 Å². The molecule has 4 aromatic rings. The van der Waals surface area contributed by atoms with Gasteiger partial charge in [0, 0.05) is 40.0 Å². The Morgan fingerprint density at radius 1 is 1.00 bits per heavy atom. The molecule has 0 aliphatic carbocycles. The number of carbonyl (C=O) groups excluding carboxylic acids is 1. The molecule has 154 valence electrons. The highest BCUT2D eigenvalue weighted by Gasteiger charge is 2.16. The van der Waals surface area contributed by atoms with E-state index >= 15 is 0 Å². The Labute approximate surface area is 184 Å². The molecule has 0 saturated carbocycles. The number of fused-ring (bicyclic) bond motifs is 1. The van der Waals surface area contributed by atoms with E-state index in [0.29, 0.717) is 32.7 Å². The first kappa shape index (κ1) is 20.6. The summed E-state index contributed by atoms with van der Waals surface area (Å²) in [7, 11) is 0. The number of nitrogens with one attached hydrogen (secondary N) is 1. The van der Waals surface area contributed by atoms with E-state index < -0.39 is 0 Å². The molecule has 4 rings (SSSR count). The standard InChI is InChI=1S/C26H20ClNO3/c1-17-6-8-18(9-7-17)25(29)19(15-28-22-12-10-21(27)11-13-22)14-20-16-31-24-5-3-2-4-23(24)26(20)30/h2-13,15-16,28H,14H2,1H3/b19-15+. The highest BCUT2D eigenvalue weighted by Crippen LogP contribution is 2.18. The number of Topliss-reactive ketones (excluding diaryl/α,β-unsaturated/α-hetero) is 1. The Balaban J connectivity index is 1.71. The molecule has 0 radical (unpaired) electrons. The summed E-state index contributed by atoms with van der Waals surface area (Å²) in [4.78, 5) is 26.2. The molecular formula is C26H20ClNO3. The largest absolute Gasteiger partial charge is 0.464 e. The number of carbonyl (C=O) groups is 1. The van der Waals surface area contributed by atoms with Gasteiger partial charge in [0.25, 0.3) is 0 Å². The molecule has 0 atom stereocenters. The van der Waals surface area contributed by atoms with Crippen molar-refractivity contribution >= 4 is 34.0 Å². The molecule has 3 aromatic carbocycles. The zero-order chi connectivity index (χ0) is 21.8. The van der Waals surface area contributed by atoms with Gasteiger partial charge in [-0.05, 0) is 43.3 Å². The number of anilines is 1. The van der Waals surface area contributed by atoms with E-state index in [0.717, 1.165) is 11.3 Å². The van der Waals surface area contributed by atoms with E-state index in [9.17, 15) is 9.59 Å². The summed E-state index contributed by atoms with van der Waals surface area (Å²) in [5, 5.41) is 4.25. The van der Waals surface area contributed by atoms with E-state index in [2.05, 4.69) is 5.32 Å². The minimum Gasteiger partial charge on any atom is -0.464 e. The quantitative estimate of drug-likeness (QED) is 0.294. The zero-order valence-corrected chi connectivity index (χ0v) is 17.6. The fraction of sp³-hybridized carbons (Fsp3) is 0.0769. The molecule has 1 aromatic heterocycles. The fourth-order valence-electron chi connectivity index (χ4n) is 3.25. The van der Waals surface area contributed by atoms with Crippen LogP contribution in [0.3, 0.4) is 0 Å². The maximum absolute atomic E-state index is 13.2. The molecule has 1 N–H and O–H groups in total. The van der Waals surface area contributed by atoms with E-state index in [1.54, 1.807) is 48.7 Å². The van der Waals surface area contributed by atoms with E-state index in [-0.39, 0.29) is 17.6 Å². The van der Waals surface area contributed by atoms with Crippen molar-refractivity contribution in [3.05, 3.63) is 123 Å². The third kappa shape index (κ3) is 4.76. The van der Waals surface area contributed by atoms with Crippen LogP contribution in [-0.4, -0.2) is 5.78 Å². The van der Waals surface area contributed by atoms with Gasteiger partial charge >= 0.3 is 0 Å². The molecule has 0 amide bonds. The molecule has 5 heteroatoms. The number of allylic oxidation sites excluding steroid dienone is 1. The topological polar surface area (TPSA) is 59.3 Å². The first-order chi connectivity index (χ1) is 15.0. The van der Waals surface area contributed by atoms with Crippen molar-refractivity contribution in [1.82, 2.24) is 0 Å². The van der Waals surface area contributed by atoms with Gasteiger partial charge in [-0.3, -0.25) is 9.59 Å². The van der Waals surface area contributed by atoms with Crippen LogP contribution < -0.4 is 10.7 Å². The van der Waals surface area contributed by atoms with Gasteiger partial charge in [0.15, 0.2) is 11.2 Å². The molecule has 0 unspecified atom stereocenters. The van der Waals surface area contributed by atoms with E-state index in [1.807, 2.05) is 37.3 Å². The third-order valence-corrected chi connectivity index (χ3v) is 5.25. The number of rotatable bonds is 6. The molecule has 0 fully saturated rings. The maximum atomic E-state index is 13.2. The highest BCUT2D eigenvalue weighted by molar-refractivity contribution is 6.30. The second-order valence-corrected chi connectivity index (χ2v) is 7.72. The van der Waals surface area contributed by atoms with Crippen LogP contribution in [0, 0.1) is 6.92 Å². The molecular weight excluding hydrogens is 410 g/mol. The van der Waals surface area contributed by atoms with Crippen molar-refractivity contribution < 1.29 is 9.21 Å². The Hall–Kier alpha value is -3.63. The summed E-state index contributed by atoms with van der Waals surface area (Å²) in [5.74, 6) is -0.158. The summed E-state index contributed by atoms with van der Waals surface area (Å²) in [6.07, 6.45) is 3.21. The number of hydrogen-bond acceptors (Lipinski definition) is 4. The monoisotopic (exact) mass is 429 g/mol. The van der Waals surface area contributed by atoms with Gasteiger partial charge in [0.05, 0.1) is 11.6 Å². The number of hydrogen-bond donors (Lipinski definition) is 1. The van der Waals surface area contributed by atoms with Crippen molar-refractivity contribution in [3.8, 4) is 0 Å². The van der Waals surface area contributed by atoms with Crippen molar-refractivity contribution in [2.24, 2.45) is 0 Å². The third-order valence-electron chi connectivity index (χ3n) is 5.00.